The van der Waals surface area contributed by atoms with Crippen LogP contribution in [-0.4, -0.2) is 52.5 Å². The highest BCUT2D eigenvalue weighted by molar-refractivity contribution is 7.99. The molecule has 3 aromatic rings. The maximum absolute atomic E-state index is 5.73. The number of aliphatic imine (C=N–C) groups is 1. The Bertz CT molecular complexity index is 1050. The second-order valence-electron chi connectivity index (χ2n) is 6.24. The maximum atomic E-state index is 5.73. The zero-order valence-corrected chi connectivity index (χ0v) is 17.5. The van der Waals surface area contributed by atoms with E-state index in [0.29, 0.717) is 36.3 Å². The van der Waals surface area contributed by atoms with E-state index in [4.69, 9.17) is 23.7 Å². The van der Waals surface area contributed by atoms with Crippen molar-refractivity contribution in [1.82, 2.24) is 4.98 Å². The number of hydrogen-bond acceptors (Lipinski definition) is 7. The van der Waals surface area contributed by atoms with Crippen LogP contribution in [0.15, 0.2) is 45.1 Å². The number of nitrogens with one attached hydrogen (secondary N) is 1. The minimum Gasteiger partial charge on any atom is -0.497 e. The van der Waals surface area contributed by atoms with Crippen molar-refractivity contribution in [3.63, 3.8) is 0 Å². The molecule has 0 saturated carbocycles. The fourth-order valence-corrected chi connectivity index (χ4v) is 4.34. The summed E-state index contributed by atoms with van der Waals surface area (Å²) in [6, 6.07) is 9.77. The second kappa shape index (κ2) is 8.16. The van der Waals surface area contributed by atoms with Gasteiger partial charge in [0, 0.05) is 15.8 Å². The number of hydrogen-bond donors (Lipinski definition) is 1. The largest absolute Gasteiger partial charge is 0.497 e. The Labute approximate surface area is 173 Å². The number of ether oxygens (including phenoxy) is 5. The van der Waals surface area contributed by atoms with Crippen molar-refractivity contribution < 1.29 is 23.7 Å². The van der Waals surface area contributed by atoms with E-state index in [2.05, 4.69) is 9.98 Å². The van der Waals surface area contributed by atoms with Crippen LogP contribution in [0.5, 0.6) is 23.0 Å². The molecule has 1 aliphatic heterocycles. The van der Waals surface area contributed by atoms with E-state index in [9.17, 15) is 0 Å². The predicted molar refractivity (Wildman–Crippen MR) is 112 cm³/mol. The van der Waals surface area contributed by atoms with Gasteiger partial charge in [0.05, 0.1) is 39.9 Å². The molecule has 7 nitrogen and oxygen atoms in total. The van der Waals surface area contributed by atoms with Gasteiger partial charge in [-0.3, -0.25) is 0 Å². The minimum absolute atomic E-state index is 0.559. The molecular weight excluding hydrogens is 392 g/mol. The molecule has 2 aromatic carbocycles. The van der Waals surface area contributed by atoms with Crippen LogP contribution in [0.1, 0.15) is 5.69 Å². The molecule has 2 heterocycles. The molecule has 0 spiro atoms. The lowest BCUT2D eigenvalue weighted by atomic mass is 10.2. The Morgan fingerprint density at radius 2 is 1.72 bits per heavy atom. The molecule has 152 valence electrons. The Balaban J connectivity index is 1.85. The summed E-state index contributed by atoms with van der Waals surface area (Å²) < 4.78 is 27.6. The van der Waals surface area contributed by atoms with Gasteiger partial charge in [0.15, 0.2) is 11.5 Å². The van der Waals surface area contributed by atoms with Crippen molar-refractivity contribution >= 4 is 28.6 Å². The fraction of sp³-hybridized carbons (Fsp3) is 0.286. The summed E-state index contributed by atoms with van der Waals surface area (Å²) in [6.07, 6.45) is 0. The van der Waals surface area contributed by atoms with Gasteiger partial charge < -0.3 is 28.7 Å². The molecule has 8 heteroatoms. The zero-order valence-electron chi connectivity index (χ0n) is 16.7. The number of nitrogens with zero attached hydrogens (tertiary/aromatic N) is 1. The van der Waals surface area contributed by atoms with Gasteiger partial charge in [-0.25, -0.2) is 4.99 Å². The van der Waals surface area contributed by atoms with Crippen molar-refractivity contribution in [3.8, 4) is 23.0 Å². The standard InChI is InChI=1S/C21H22N2O5S/c1-24-12-5-6-15-14(9-12)20(18(23-15)21-22-7-8-28-21)29-13-10-16(25-2)19(27-4)17(11-13)26-3/h5-6,9-11,23H,7-8H2,1-4H3. The maximum Gasteiger partial charge on any atom is 0.234 e. The van der Waals surface area contributed by atoms with Gasteiger partial charge in [-0.05, 0) is 30.3 Å². The normalized spacial score (nSPS) is 13.2. The summed E-state index contributed by atoms with van der Waals surface area (Å²) in [5, 5.41) is 1.02. The lowest BCUT2D eigenvalue weighted by Gasteiger charge is -2.14. The van der Waals surface area contributed by atoms with Gasteiger partial charge in [-0.2, -0.15) is 0 Å². The Hall–Kier alpha value is -3.00. The van der Waals surface area contributed by atoms with Crippen LogP contribution in [0.2, 0.25) is 0 Å². The number of aromatic amines is 1. The summed E-state index contributed by atoms with van der Waals surface area (Å²) in [4.78, 5) is 9.86. The summed E-state index contributed by atoms with van der Waals surface area (Å²) in [5.74, 6) is 3.16. The molecule has 0 amide bonds. The predicted octanol–water partition coefficient (Wildman–Crippen LogP) is 4.13. The molecule has 0 fully saturated rings. The highest BCUT2D eigenvalue weighted by atomic mass is 32.2. The molecule has 29 heavy (non-hydrogen) atoms. The first-order valence-corrected chi connectivity index (χ1v) is 9.85. The van der Waals surface area contributed by atoms with E-state index in [1.165, 1.54) is 0 Å². The van der Waals surface area contributed by atoms with Crippen molar-refractivity contribution in [3.05, 3.63) is 36.0 Å². The van der Waals surface area contributed by atoms with Gasteiger partial charge >= 0.3 is 0 Å². The van der Waals surface area contributed by atoms with Gasteiger partial charge in [-0.1, -0.05) is 11.8 Å². The number of methoxy groups -OCH3 is 4. The third kappa shape index (κ3) is 3.55. The first kappa shape index (κ1) is 19.3. The van der Waals surface area contributed by atoms with Crippen molar-refractivity contribution in [1.29, 1.82) is 0 Å². The lowest BCUT2D eigenvalue weighted by Crippen LogP contribution is -2.03. The molecule has 0 saturated heterocycles. The van der Waals surface area contributed by atoms with E-state index in [-0.39, 0.29) is 0 Å². The molecule has 0 bridgehead atoms. The van der Waals surface area contributed by atoms with Gasteiger partial charge in [0.25, 0.3) is 0 Å². The lowest BCUT2D eigenvalue weighted by molar-refractivity contribution is 0.323. The van der Waals surface area contributed by atoms with E-state index in [0.717, 1.165) is 32.1 Å². The van der Waals surface area contributed by atoms with Crippen LogP contribution >= 0.6 is 11.8 Å². The summed E-state index contributed by atoms with van der Waals surface area (Å²) >= 11 is 1.57. The molecule has 0 atom stereocenters. The Morgan fingerprint density at radius 1 is 0.966 bits per heavy atom. The smallest absolute Gasteiger partial charge is 0.234 e. The number of aromatic nitrogens is 1. The average molecular weight is 414 g/mol. The summed E-state index contributed by atoms with van der Waals surface area (Å²) in [7, 11) is 6.46. The van der Waals surface area contributed by atoms with Gasteiger partial charge in [0.2, 0.25) is 11.6 Å². The van der Waals surface area contributed by atoms with Crippen LogP contribution in [0, 0.1) is 0 Å². The molecule has 0 radical (unpaired) electrons. The number of H-pyrrole nitrogens is 1. The minimum atomic E-state index is 0.559. The third-order valence-corrected chi connectivity index (χ3v) is 5.72. The molecule has 0 unspecified atom stereocenters. The Kier molecular flexibility index (Phi) is 5.44. The van der Waals surface area contributed by atoms with Crippen LogP contribution in [0.3, 0.4) is 0 Å². The SMILES string of the molecule is COc1ccc2[nH]c(C3=NCCO3)c(Sc3cc(OC)c(OC)c(OC)c3)c2c1. The van der Waals surface area contributed by atoms with Crippen molar-refractivity contribution in [2.75, 3.05) is 41.6 Å². The Morgan fingerprint density at radius 3 is 2.31 bits per heavy atom. The van der Waals surface area contributed by atoms with E-state index in [1.54, 1.807) is 40.2 Å². The number of benzene rings is 2. The quantitative estimate of drug-likeness (QED) is 0.627. The van der Waals surface area contributed by atoms with Gasteiger partial charge in [0.1, 0.15) is 18.1 Å². The molecule has 1 aromatic heterocycles. The second-order valence-corrected chi connectivity index (χ2v) is 7.32. The summed E-state index contributed by atoms with van der Waals surface area (Å²) in [5.41, 5.74) is 1.83. The van der Waals surface area contributed by atoms with Crippen LogP contribution in [-0.2, 0) is 4.74 Å². The van der Waals surface area contributed by atoms with E-state index >= 15 is 0 Å². The first-order chi connectivity index (χ1) is 14.2. The third-order valence-electron chi connectivity index (χ3n) is 4.62. The topological polar surface area (TPSA) is 74.3 Å². The number of rotatable bonds is 7. The van der Waals surface area contributed by atoms with Crippen LogP contribution in [0.25, 0.3) is 10.9 Å². The summed E-state index contributed by atoms with van der Waals surface area (Å²) in [6.45, 7) is 1.24. The molecule has 1 aliphatic rings. The highest BCUT2D eigenvalue weighted by Gasteiger charge is 2.23. The molecule has 1 N–H and O–H groups in total. The van der Waals surface area contributed by atoms with Crippen LogP contribution < -0.4 is 18.9 Å². The zero-order chi connectivity index (χ0) is 20.4. The van der Waals surface area contributed by atoms with Crippen LogP contribution in [0.4, 0.5) is 0 Å². The highest BCUT2D eigenvalue weighted by Crippen LogP contribution is 2.45. The monoisotopic (exact) mass is 414 g/mol. The van der Waals surface area contributed by atoms with Crippen molar-refractivity contribution in [2.45, 2.75) is 9.79 Å². The molecular formula is C21H22N2O5S. The molecule has 0 aliphatic carbocycles. The fourth-order valence-electron chi connectivity index (χ4n) is 3.25. The van der Waals surface area contributed by atoms with Gasteiger partial charge in [-0.15, -0.1) is 0 Å². The van der Waals surface area contributed by atoms with E-state index in [1.807, 2.05) is 30.3 Å². The first-order valence-electron chi connectivity index (χ1n) is 9.03. The average Bonchev–Trinajstić information content (AvgIpc) is 3.40. The van der Waals surface area contributed by atoms with E-state index < -0.39 is 0 Å². The molecule has 4 rings (SSSR count). The number of fused-ring (bicyclic) bond motifs is 1. The van der Waals surface area contributed by atoms with Crippen molar-refractivity contribution in [2.24, 2.45) is 4.99 Å².